The van der Waals surface area contributed by atoms with Crippen LogP contribution in [-0.2, 0) is 6.42 Å². The van der Waals surface area contributed by atoms with Crippen LogP contribution in [0.3, 0.4) is 0 Å². The molecule has 0 aliphatic carbocycles. The highest BCUT2D eigenvalue weighted by atomic mass is 32.1. The molecule has 134 valence electrons. The molecule has 0 aromatic carbocycles. The molecule has 5 nitrogen and oxygen atoms in total. The number of anilines is 1. The Bertz CT molecular complexity index is 1000. The molecule has 6 heteroatoms. The normalized spacial score (nSPS) is 14.6. The number of urea groups is 1. The second kappa shape index (κ2) is 6.29. The molecule has 26 heavy (non-hydrogen) atoms. The summed E-state index contributed by atoms with van der Waals surface area (Å²) >= 11 is 1.69. The van der Waals surface area contributed by atoms with Crippen LogP contribution in [0, 0.1) is 5.92 Å². The van der Waals surface area contributed by atoms with Crippen LogP contribution in [-0.4, -0.2) is 34.5 Å². The fourth-order valence-corrected chi connectivity index (χ4v) is 4.56. The predicted molar refractivity (Wildman–Crippen MR) is 108 cm³/mol. The monoisotopic (exact) mass is 366 g/mol. The maximum Gasteiger partial charge on any atom is 0.329 e. The molecule has 0 saturated carbocycles. The van der Waals surface area contributed by atoms with Gasteiger partial charge in [-0.1, -0.05) is 20.4 Å². The van der Waals surface area contributed by atoms with E-state index in [2.05, 4.69) is 42.5 Å². The van der Waals surface area contributed by atoms with Gasteiger partial charge >= 0.3 is 6.03 Å². The van der Waals surface area contributed by atoms with E-state index in [9.17, 15) is 4.79 Å². The van der Waals surface area contributed by atoms with E-state index in [0.29, 0.717) is 12.5 Å². The lowest BCUT2D eigenvalue weighted by Gasteiger charge is -2.35. The molecule has 3 aromatic heterocycles. The maximum atomic E-state index is 12.7. The smallest absolute Gasteiger partial charge is 0.329 e. The molecule has 0 atom stereocenters. The van der Waals surface area contributed by atoms with Gasteiger partial charge in [-0.05, 0) is 29.7 Å². The van der Waals surface area contributed by atoms with Crippen molar-refractivity contribution < 1.29 is 4.79 Å². The lowest BCUT2D eigenvalue weighted by molar-refractivity contribution is 0.229. The van der Waals surface area contributed by atoms with Crippen molar-refractivity contribution in [2.45, 2.75) is 20.3 Å². The summed E-state index contributed by atoms with van der Waals surface area (Å²) in [6, 6.07) is 6.22. The Kier molecular flexibility index (Phi) is 4.07. The van der Waals surface area contributed by atoms with E-state index in [0.717, 1.165) is 33.7 Å². The number of aromatic amines is 1. The molecule has 0 spiro atoms. The van der Waals surface area contributed by atoms with Crippen LogP contribution in [0.2, 0.25) is 0 Å². The standard InChI is InChI=1S/C20H22N4OS/c1-12(2)11-24-19-17(13(3)23(4)20(24)25)9-15(26-19)8-14-10-22-18-16(14)6-5-7-21-18/h5-7,9-10,12H,3,8,11H2,1-2,4H3,(H,21,22). The molecule has 0 fully saturated rings. The molecule has 4 rings (SSSR count). The molecule has 1 aliphatic rings. The van der Waals surface area contributed by atoms with E-state index in [1.54, 1.807) is 29.5 Å². The van der Waals surface area contributed by atoms with Gasteiger partial charge in [0.25, 0.3) is 0 Å². The second-order valence-corrected chi connectivity index (χ2v) is 8.23. The average Bonchev–Trinajstić information content (AvgIpc) is 3.22. The van der Waals surface area contributed by atoms with Crippen LogP contribution in [0.25, 0.3) is 16.7 Å². The number of pyridine rings is 1. The summed E-state index contributed by atoms with van der Waals surface area (Å²) in [7, 11) is 1.80. The number of nitrogens with one attached hydrogen (secondary N) is 1. The number of aromatic nitrogens is 2. The van der Waals surface area contributed by atoms with Crippen LogP contribution in [0.5, 0.6) is 0 Å². The summed E-state index contributed by atoms with van der Waals surface area (Å²) in [6.45, 7) is 9.10. The number of rotatable bonds is 4. The van der Waals surface area contributed by atoms with E-state index in [-0.39, 0.29) is 6.03 Å². The van der Waals surface area contributed by atoms with E-state index in [4.69, 9.17) is 0 Å². The molecule has 0 saturated heterocycles. The van der Waals surface area contributed by atoms with Crippen LogP contribution in [0.1, 0.15) is 29.9 Å². The fraction of sp³-hybridized carbons (Fsp3) is 0.300. The van der Waals surface area contributed by atoms with Crippen LogP contribution >= 0.6 is 11.3 Å². The Labute approximate surface area is 157 Å². The molecule has 4 heterocycles. The van der Waals surface area contributed by atoms with Gasteiger partial charge in [-0.2, -0.15) is 0 Å². The van der Waals surface area contributed by atoms with Crippen molar-refractivity contribution in [3.8, 4) is 0 Å². The molecule has 0 radical (unpaired) electrons. The SMILES string of the molecule is C=C1c2cc(Cc3c[nH]c4ncccc34)sc2N(CC(C)C)C(=O)N1C. The number of H-pyrrole nitrogens is 1. The van der Waals surface area contributed by atoms with E-state index in [1.807, 2.05) is 17.2 Å². The van der Waals surface area contributed by atoms with Gasteiger partial charge in [0.1, 0.15) is 10.6 Å². The molecule has 1 N–H and O–H groups in total. The number of hydrogen-bond donors (Lipinski definition) is 1. The third-order valence-electron chi connectivity index (χ3n) is 4.69. The van der Waals surface area contributed by atoms with Gasteiger partial charge in [-0.25, -0.2) is 9.78 Å². The first-order chi connectivity index (χ1) is 12.5. The van der Waals surface area contributed by atoms with Gasteiger partial charge in [-0.15, -0.1) is 11.3 Å². The highest BCUT2D eigenvalue weighted by Crippen LogP contribution is 2.42. The fourth-order valence-electron chi connectivity index (χ4n) is 3.36. The van der Waals surface area contributed by atoms with Crippen molar-refractivity contribution in [3.05, 3.63) is 53.2 Å². The third kappa shape index (κ3) is 2.70. The van der Waals surface area contributed by atoms with Gasteiger partial charge in [0.05, 0.1) is 0 Å². The predicted octanol–water partition coefficient (Wildman–Crippen LogP) is 4.71. The number of fused-ring (bicyclic) bond motifs is 2. The summed E-state index contributed by atoms with van der Waals surface area (Å²) in [6.07, 6.45) is 4.63. The van der Waals surface area contributed by atoms with Crippen molar-refractivity contribution >= 4 is 39.1 Å². The lowest BCUT2D eigenvalue weighted by atomic mass is 10.1. The average molecular weight is 366 g/mol. The van der Waals surface area contributed by atoms with Crippen LogP contribution < -0.4 is 4.90 Å². The number of thiophene rings is 1. The zero-order chi connectivity index (χ0) is 18.4. The Morgan fingerprint density at radius 3 is 2.96 bits per heavy atom. The summed E-state index contributed by atoms with van der Waals surface area (Å²) in [5.74, 6) is 0.400. The van der Waals surface area contributed by atoms with Crippen LogP contribution in [0.4, 0.5) is 9.80 Å². The number of carbonyl (C=O) groups excluding carboxylic acids is 1. The van der Waals surface area contributed by atoms with Crippen molar-refractivity contribution in [2.24, 2.45) is 5.92 Å². The number of carbonyl (C=O) groups is 1. The Morgan fingerprint density at radius 1 is 1.38 bits per heavy atom. The van der Waals surface area contributed by atoms with Crippen molar-refractivity contribution in [3.63, 3.8) is 0 Å². The van der Waals surface area contributed by atoms with E-state index >= 15 is 0 Å². The Morgan fingerprint density at radius 2 is 2.19 bits per heavy atom. The first-order valence-electron chi connectivity index (χ1n) is 8.74. The molecule has 2 amide bonds. The summed E-state index contributed by atoms with van der Waals surface area (Å²) < 4.78 is 0. The van der Waals surface area contributed by atoms with Crippen LogP contribution in [0.15, 0.2) is 37.2 Å². The minimum Gasteiger partial charge on any atom is -0.346 e. The minimum absolute atomic E-state index is 0.000828. The quantitative estimate of drug-likeness (QED) is 0.727. The van der Waals surface area contributed by atoms with Crippen molar-refractivity contribution in [1.29, 1.82) is 0 Å². The van der Waals surface area contributed by atoms with E-state index < -0.39 is 0 Å². The lowest BCUT2D eigenvalue weighted by Crippen LogP contribution is -2.45. The van der Waals surface area contributed by atoms with Gasteiger partial charge in [-0.3, -0.25) is 9.80 Å². The Hall–Kier alpha value is -2.60. The van der Waals surface area contributed by atoms with Gasteiger partial charge in [0.15, 0.2) is 0 Å². The number of hydrogen-bond acceptors (Lipinski definition) is 3. The summed E-state index contributed by atoms with van der Waals surface area (Å²) in [5.41, 5.74) is 3.95. The zero-order valence-corrected chi connectivity index (χ0v) is 16.1. The maximum absolute atomic E-state index is 12.7. The topological polar surface area (TPSA) is 52.2 Å². The molecule has 0 unspecified atom stereocenters. The summed E-state index contributed by atoms with van der Waals surface area (Å²) in [4.78, 5) is 25.1. The van der Waals surface area contributed by atoms with Gasteiger partial charge in [0, 0.05) is 53.9 Å². The zero-order valence-electron chi connectivity index (χ0n) is 15.2. The van der Waals surface area contributed by atoms with Crippen molar-refractivity contribution in [2.75, 3.05) is 18.5 Å². The molecular formula is C20H22N4OS. The van der Waals surface area contributed by atoms with Gasteiger partial charge in [0.2, 0.25) is 0 Å². The Balaban J connectivity index is 1.72. The third-order valence-corrected chi connectivity index (χ3v) is 5.85. The molecular weight excluding hydrogens is 344 g/mol. The minimum atomic E-state index is 0.000828. The largest absolute Gasteiger partial charge is 0.346 e. The second-order valence-electron chi connectivity index (χ2n) is 7.11. The first kappa shape index (κ1) is 16.8. The molecule has 0 bridgehead atoms. The van der Waals surface area contributed by atoms with Gasteiger partial charge < -0.3 is 4.98 Å². The first-order valence-corrected chi connectivity index (χ1v) is 9.55. The highest BCUT2D eigenvalue weighted by Gasteiger charge is 2.33. The number of nitrogens with zero attached hydrogens (tertiary/aromatic N) is 3. The van der Waals surface area contributed by atoms with Crippen molar-refractivity contribution in [1.82, 2.24) is 14.9 Å². The number of amides is 2. The highest BCUT2D eigenvalue weighted by molar-refractivity contribution is 7.16. The molecule has 1 aliphatic heterocycles. The summed E-state index contributed by atoms with van der Waals surface area (Å²) in [5, 5.41) is 2.16. The van der Waals surface area contributed by atoms with E-state index in [1.165, 1.54) is 10.4 Å². The molecule has 3 aromatic rings.